The van der Waals surface area contributed by atoms with Crippen LogP contribution in [0, 0.1) is 0 Å². The summed E-state index contributed by atoms with van der Waals surface area (Å²) in [6, 6.07) is 16.6. The highest BCUT2D eigenvalue weighted by Gasteiger charge is 2.31. The summed E-state index contributed by atoms with van der Waals surface area (Å²) >= 11 is 0. The molecule has 156 valence electrons. The van der Waals surface area contributed by atoms with Gasteiger partial charge >= 0.3 is 11.9 Å². The number of para-hydroxylation sites is 1. The number of hydrogen-bond donors (Lipinski definition) is 0. The zero-order valence-electron chi connectivity index (χ0n) is 17.3. The lowest BCUT2D eigenvalue weighted by atomic mass is 10.0. The zero-order chi connectivity index (χ0) is 21.5. The summed E-state index contributed by atoms with van der Waals surface area (Å²) < 4.78 is 16.9. The number of aromatic nitrogens is 2. The van der Waals surface area contributed by atoms with Crippen molar-refractivity contribution in [1.29, 1.82) is 0 Å². The van der Waals surface area contributed by atoms with Gasteiger partial charge in [0.25, 0.3) is 0 Å². The predicted molar refractivity (Wildman–Crippen MR) is 112 cm³/mol. The van der Waals surface area contributed by atoms with Crippen molar-refractivity contribution in [3.63, 3.8) is 0 Å². The van der Waals surface area contributed by atoms with Gasteiger partial charge in [0.05, 0.1) is 26.5 Å². The Bertz CT molecular complexity index is 1010. The van der Waals surface area contributed by atoms with Crippen LogP contribution >= 0.6 is 0 Å². The van der Waals surface area contributed by atoms with Crippen LogP contribution in [0.25, 0.3) is 16.9 Å². The number of benzene rings is 2. The molecule has 0 aliphatic carbocycles. The van der Waals surface area contributed by atoms with Crippen molar-refractivity contribution in [2.45, 2.75) is 20.0 Å². The highest BCUT2D eigenvalue weighted by molar-refractivity contribution is 6.06. The van der Waals surface area contributed by atoms with Crippen molar-refractivity contribution < 1.29 is 23.8 Å². The van der Waals surface area contributed by atoms with E-state index in [1.165, 1.54) is 18.9 Å². The van der Waals surface area contributed by atoms with Crippen LogP contribution in [0.3, 0.4) is 0 Å². The summed E-state index contributed by atoms with van der Waals surface area (Å²) in [6.07, 6.45) is 0.952. The van der Waals surface area contributed by atoms with E-state index in [0.717, 1.165) is 12.0 Å². The lowest BCUT2D eigenvalue weighted by molar-refractivity contribution is 0.0549. The van der Waals surface area contributed by atoms with Gasteiger partial charge in [-0.25, -0.2) is 14.3 Å². The molecule has 0 unspecified atom stereocenters. The molecule has 0 atom stereocenters. The molecular formula is C23H24N2O5. The first-order chi connectivity index (χ1) is 14.6. The maximum absolute atomic E-state index is 12.6. The molecule has 3 rings (SSSR count). The number of hydrogen-bond acceptors (Lipinski definition) is 6. The Morgan fingerprint density at radius 3 is 2.20 bits per heavy atom. The third-order valence-corrected chi connectivity index (χ3v) is 4.50. The first-order valence-corrected chi connectivity index (χ1v) is 9.62. The molecular weight excluding hydrogens is 384 g/mol. The SMILES string of the molecule is CCCOCc1ccc(-c2nn(-c3ccccc3)c(C(=O)OC)c2C(=O)OC)cc1. The Hall–Kier alpha value is -3.45. The van der Waals surface area contributed by atoms with E-state index in [9.17, 15) is 9.59 Å². The van der Waals surface area contributed by atoms with Crippen molar-refractivity contribution in [3.8, 4) is 16.9 Å². The smallest absolute Gasteiger partial charge is 0.357 e. The summed E-state index contributed by atoms with van der Waals surface area (Å²) in [5.74, 6) is -1.34. The molecule has 7 nitrogen and oxygen atoms in total. The topological polar surface area (TPSA) is 79.7 Å². The first-order valence-electron chi connectivity index (χ1n) is 9.62. The molecule has 0 bridgehead atoms. The quantitative estimate of drug-likeness (QED) is 0.413. The molecule has 0 amide bonds. The van der Waals surface area contributed by atoms with Gasteiger partial charge in [0.15, 0.2) is 5.69 Å². The number of carbonyl (C=O) groups is 2. The summed E-state index contributed by atoms with van der Waals surface area (Å²) in [5.41, 5.74) is 2.71. The van der Waals surface area contributed by atoms with Crippen LogP contribution in [0.5, 0.6) is 0 Å². The van der Waals surface area contributed by atoms with Gasteiger partial charge in [-0.3, -0.25) is 0 Å². The molecule has 0 spiro atoms. The molecule has 30 heavy (non-hydrogen) atoms. The highest BCUT2D eigenvalue weighted by Crippen LogP contribution is 2.29. The molecule has 3 aromatic rings. The molecule has 0 saturated carbocycles. The Kier molecular flexibility index (Phi) is 6.98. The molecule has 0 aliphatic heterocycles. The molecule has 1 heterocycles. The molecule has 0 saturated heterocycles. The van der Waals surface area contributed by atoms with E-state index in [1.54, 1.807) is 12.1 Å². The van der Waals surface area contributed by atoms with E-state index in [4.69, 9.17) is 14.2 Å². The van der Waals surface area contributed by atoms with E-state index < -0.39 is 11.9 Å². The van der Waals surface area contributed by atoms with Crippen LogP contribution in [0.2, 0.25) is 0 Å². The van der Waals surface area contributed by atoms with Gasteiger partial charge in [0.2, 0.25) is 0 Å². The van der Waals surface area contributed by atoms with Crippen LogP contribution in [-0.2, 0) is 20.8 Å². The third-order valence-electron chi connectivity index (χ3n) is 4.50. The van der Waals surface area contributed by atoms with Crippen molar-refractivity contribution in [2.24, 2.45) is 0 Å². The summed E-state index contributed by atoms with van der Waals surface area (Å²) in [5, 5.41) is 4.58. The fourth-order valence-corrected chi connectivity index (χ4v) is 3.05. The molecule has 0 aliphatic rings. The fraction of sp³-hybridized carbons (Fsp3) is 0.261. The van der Waals surface area contributed by atoms with Crippen LogP contribution in [0.4, 0.5) is 0 Å². The van der Waals surface area contributed by atoms with E-state index >= 15 is 0 Å². The van der Waals surface area contributed by atoms with E-state index in [1.807, 2.05) is 42.5 Å². The normalized spacial score (nSPS) is 10.6. The van der Waals surface area contributed by atoms with Crippen molar-refractivity contribution in [2.75, 3.05) is 20.8 Å². The monoisotopic (exact) mass is 408 g/mol. The van der Waals surface area contributed by atoms with Gasteiger partial charge in [-0.2, -0.15) is 5.10 Å². The van der Waals surface area contributed by atoms with E-state index in [2.05, 4.69) is 12.0 Å². The van der Waals surface area contributed by atoms with Gasteiger partial charge in [0.1, 0.15) is 11.3 Å². The number of rotatable bonds is 8. The third kappa shape index (κ3) is 4.41. The van der Waals surface area contributed by atoms with E-state index in [0.29, 0.717) is 30.2 Å². The minimum Gasteiger partial charge on any atom is -0.465 e. The Morgan fingerprint density at radius 2 is 1.60 bits per heavy atom. The second kappa shape index (κ2) is 9.84. The standard InChI is InChI=1S/C23H24N2O5/c1-4-14-30-15-16-10-12-17(13-11-16)20-19(22(26)28-2)21(23(27)29-3)25(24-20)18-8-6-5-7-9-18/h5-13H,4,14-15H2,1-3H3. The molecule has 1 aromatic heterocycles. The Balaban J connectivity index is 2.13. The van der Waals surface area contributed by atoms with Crippen LogP contribution < -0.4 is 0 Å². The molecule has 2 aromatic carbocycles. The Morgan fingerprint density at radius 1 is 0.933 bits per heavy atom. The minimum atomic E-state index is -0.678. The van der Waals surface area contributed by atoms with Gasteiger partial charge in [-0.1, -0.05) is 49.4 Å². The fourth-order valence-electron chi connectivity index (χ4n) is 3.05. The number of carbonyl (C=O) groups excluding carboxylic acids is 2. The average Bonchev–Trinajstić information content (AvgIpc) is 3.20. The van der Waals surface area contributed by atoms with Crippen LogP contribution in [0.1, 0.15) is 39.8 Å². The largest absolute Gasteiger partial charge is 0.465 e. The lowest BCUT2D eigenvalue weighted by Crippen LogP contribution is -2.15. The lowest BCUT2D eigenvalue weighted by Gasteiger charge is -2.07. The summed E-state index contributed by atoms with van der Waals surface area (Å²) in [7, 11) is 2.53. The van der Waals surface area contributed by atoms with Gasteiger partial charge in [-0.05, 0) is 24.1 Å². The average molecular weight is 408 g/mol. The molecule has 7 heteroatoms. The summed E-state index contributed by atoms with van der Waals surface area (Å²) in [4.78, 5) is 25.2. The maximum Gasteiger partial charge on any atom is 0.357 e. The Labute approximate surface area is 175 Å². The van der Waals surface area contributed by atoms with Gasteiger partial charge in [0, 0.05) is 12.2 Å². The van der Waals surface area contributed by atoms with Crippen molar-refractivity contribution in [3.05, 3.63) is 71.4 Å². The van der Waals surface area contributed by atoms with Crippen LogP contribution in [-0.4, -0.2) is 42.5 Å². The number of esters is 2. The second-order valence-corrected chi connectivity index (χ2v) is 6.55. The van der Waals surface area contributed by atoms with Gasteiger partial charge in [-0.15, -0.1) is 0 Å². The first kappa shape index (κ1) is 21.3. The van der Waals surface area contributed by atoms with Crippen LogP contribution in [0.15, 0.2) is 54.6 Å². The van der Waals surface area contributed by atoms with Crippen molar-refractivity contribution >= 4 is 11.9 Å². The number of nitrogens with zero attached hydrogens (tertiary/aromatic N) is 2. The highest BCUT2D eigenvalue weighted by atomic mass is 16.5. The second-order valence-electron chi connectivity index (χ2n) is 6.55. The number of ether oxygens (including phenoxy) is 3. The number of methoxy groups -OCH3 is 2. The van der Waals surface area contributed by atoms with Gasteiger partial charge < -0.3 is 14.2 Å². The zero-order valence-corrected chi connectivity index (χ0v) is 17.3. The van der Waals surface area contributed by atoms with Crippen molar-refractivity contribution in [1.82, 2.24) is 9.78 Å². The maximum atomic E-state index is 12.6. The summed E-state index contributed by atoms with van der Waals surface area (Å²) in [6.45, 7) is 3.25. The minimum absolute atomic E-state index is 0.0147. The molecule has 0 fully saturated rings. The molecule has 0 N–H and O–H groups in total. The van der Waals surface area contributed by atoms with E-state index in [-0.39, 0.29) is 11.3 Å². The predicted octanol–water partition coefficient (Wildman–Crippen LogP) is 4.04. The molecule has 0 radical (unpaired) electrons.